The molecule has 2 saturated heterocycles. The summed E-state index contributed by atoms with van der Waals surface area (Å²) in [4.78, 5) is 13.7. The van der Waals surface area contributed by atoms with E-state index in [2.05, 4.69) is 0 Å². The molecule has 3 aromatic rings. The maximum Gasteiger partial charge on any atom is 0.239 e. The molecule has 2 aliphatic rings. The van der Waals surface area contributed by atoms with Crippen molar-refractivity contribution >= 4 is 11.0 Å². The summed E-state index contributed by atoms with van der Waals surface area (Å²) in [6.07, 6.45) is -14.8. The summed E-state index contributed by atoms with van der Waals surface area (Å²) in [5.41, 5.74) is -0.957. The van der Waals surface area contributed by atoms with Gasteiger partial charge in [0.25, 0.3) is 0 Å². The molecule has 2 aromatic carbocycles. The monoisotopic (exact) mass is 608 g/mol. The van der Waals surface area contributed by atoms with Crippen LogP contribution in [-0.4, -0.2) is 109 Å². The molecule has 234 valence electrons. The van der Waals surface area contributed by atoms with Crippen LogP contribution in [0.2, 0.25) is 0 Å². The fourth-order valence-electron chi connectivity index (χ4n) is 5.03. The van der Waals surface area contributed by atoms with E-state index in [1.165, 1.54) is 39.2 Å². The second-order valence-corrected chi connectivity index (χ2v) is 10.4. The van der Waals surface area contributed by atoms with Gasteiger partial charge in [-0.2, -0.15) is 0 Å². The third-order valence-corrected chi connectivity index (χ3v) is 7.49. The van der Waals surface area contributed by atoms with Crippen LogP contribution in [0.5, 0.6) is 28.7 Å². The highest BCUT2D eigenvalue weighted by Gasteiger charge is 2.50. The summed E-state index contributed by atoms with van der Waals surface area (Å²) >= 11 is 0. The van der Waals surface area contributed by atoms with Crippen LogP contribution in [-0.2, 0) is 14.2 Å². The van der Waals surface area contributed by atoms with Crippen molar-refractivity contribution in [2.45, 2.75) is 75.3 Å². The number of phenolic OH excluding ortho intramolecular Hbond substituents is 3. The molecule has 0 aliphatic carbocycles. The summed E-state index contributed by atoms with van der Waals surface area (Å²) in [7, 11) is 1.34. The molecule has 4 unspecified atom stereocenters. The van der Waals surface area contributed by atoms with Crippen molar-refractivity contribution in [1.82, 2.24) is 0 Å². The highest BCUT2D eigenvalue weighted by atomic mass is 16.7. The molecule has 15 heteroatoms. The molecule has 2 fully saturated rings. The van der Waals surface area contributed by atoms with Crippen molar-refractivity contribution in [2.75, 3.05) is 7.11 Å². The Labute approximate surface area is 243 Å². The number of fused-ring (bicyclic) bond motifs is 1. The molecule has 8 N–H and O–H groups in total. The zero-order chi connectivity index (χ0) is 31.3. The van der Waals surface area contributed by atoms with Crippen molar-refractivity contribution in [1.29, 1.82) is 0 Å². The molecular formula is C28H32O15. The van der Waals surface area contributed by atoms with Crippen LogP contribution in [0.25, 0.3) is 22.3 Å². The first-order chi connectivity index (χ1) is 20.3. The molecular weight excluding hydrogens is 576 g/mol. The Bertz CT molecular complexity index is 1540. The van der Waals surface area contributed by atoms with Crippen molar-refractivity contribution in [3.8, 4) is 40.1 Å². The predicted molar refractivity (Wildman–Crippen MR) is 144 cm³/mol. The van der Waals surface area contributed by atoms with Crippen LogP contribution >= 0.6 is 0 Å². The second kappa shape index (κ2) is 11.8. The first-order valence-corrected chi connectivity index (χ1v) is 13.3. The molecule has 3 heterocycles. The number of hydrogen-bond acceptors (Lipinski definition) is 15. The SMILES string of the molecule is COc1cc(O)c2c(=O)c(O[C@@H]3OC(C)[C@H](O[C@@H]4OC(C)[C@H](O)[C@H](O)C4O)C(O)[C@@H]3O)c(-c3ccc(O)c(O)c3)oc2c1. The Kier molecular flexibility index (Phi) is 8.43. The summed E-state index contributed by atoms with van der Waals surface area (Å²) < 4.78 is 33.6. The van der Waals surface area contributed by atoms with E-state index in [1.54, 1.807) is 0 Å². The first kappa shape index (κ1) is 30.8. The maximum atomic E-state index is 13.7. The van der Waals surface area contributed by atoms with E-state index in [-0.39, 0.29) is 28.0 Å². The first-order valence-electron chi connectivity index (χ1n) is 13.3. The standard InChI is InChI=1S/C28H32O15/c1-9-18(32)20(34)22(36)27(39-9)42-24-10(2)40-28(23(37)21(24)35)43-26-19(33)17-15(31)7-12(38-3)8-16(17)41-25(26)11-4-5-13(29)14(30)6-11/h4-10,18,20-24,27-32,34-37H,1-3H3/t9?,10?,18-,20-,21?,22?,23-,24-,27-,28-/m0/s1. The number of benzene rings is 2. The molecule has 2 aliphatic heterocycles. The van der Waals surface area contributed by atoms with E-state index in [4.69, 9.17) is 28.1 Å². The summed E-state index contributed by atoms with van der Waals surface area (Å²) in [6, 6.07) is 6.05. The van der Waals surface area contributed by atoms with E-state index < -0.39 is 89.8 Å². The number of phenols is 3. The van der Waals surface area contributed by atoms with Crippen LogP contribution in [0.3, 0.4) is 0 Å². The highest BCUT2D eigenvalue weighted by molar-refractivity contribution is 5.88. The topological polar surface area (TPSA) is 238 Å². The number of aromatic hydroxyl groups is 3. The van der Waals surface area contributed by atoms with E-state index in [9.17, 15) is 45.6 Å². The lowest BCUT2D eigenvalue weighted by Crippen LogP contribution is -2.63. The largest absolute Gasteiger partial charge is 0.507 e. The molecule has 10 atom stereocenters. The summed E-state index contributed by atoms with van der Waals surface area (Å²) in [5, 5.41) is 82.4. The number of aliphatic hydroxyl groups excluding tert-OH is 5. The normalized spacial score (nSPS) is 32.9. The van der Waals surface area contributed by atoms with Crippen molar-refractivity contribution in [3.05, 3.63) is 40.6 Å². The average molecular weight is 609 g/mol. The lowest BCUT2D eigenvalue weighted by molar-refractivity contribution is -0.345. The lowest BCUT2D eigenvalue weighted by atomic mass is 9.97. The maximum absolute atomic E-state index is 13.7. The molecule has 1 aromatic heterocycles. The zero-order valence-electron chi connectivity index (χ0n) is 23.1. The fourth-order valence-corrected chi connectivity index (χ4v) is 5.03. The molecule has 43 heavy (non-hydrogen) atoms. The molecule has 0 spiro atoms. The van der Waals surface area contributed by atoms with Crippen LogP contribution in [0.1, 0.15) is 13.8 Å². The number of hydrogen-bond donors (Lipinski definition) is 8. The highest BCUT2D eigenvalue weighted by Crippen LogP contribution is 2.40. The van der Waals surface area contributed by atoms with Crippen molar-refractivity contribution < 1.29 is 69.0 Å². The van der Waals surface area contributed by atoms with E-state index in [0.717, 1.165) is 12.1 Å². The molecule has 0 amide bonds. The zero-order valence-corrected chi connectivity index (χ0v) is 23.1. The quantitative estimate of drug-likeness (QED) is 0.167. The molecule has 0 bridgehead atoms. The Morgan fingerprint density at radius 3 is 2.09 bits per heavy atom. The van der Waals surface area contributed by atoms with Gasteiger partial charge in [0.1, 0.15) is 59.1 Å². The fraction of sp³-hybridized carbons (Fsp3) is 0.464. The van der Waals surface area contributed by atoms with Crippen LogP contribution in [0, 0.1) is 0 Å². The Morgan fingerprint density at radius 2 is 1.42 bits per heavy atom. The minimum atomic E-state index is -1.87. The van der Waals surface area contributed by atoms with Crippen LogP contribution in [0.15, 0.2) is 39.5 Å². The smallest absolute Gasteiger partial charge is 0.239 e. The Balaban J connectivity index is 1.49. The van der Waals surface area contributed by atoms with Gasteiger partial charge in [-0.25, -0.2) is 0 Å². The van der Waals surface area contributed by atoms with Crippen LogP contribution < -0.4 is 14.9 Å². The Hall–Kier alpha value is -3.67. The van der Waals surface area contributed by atoms with Gasteiger partial charge in [0.15, 0.2) is 23.5 Å². The number of aliphatic hydroxyl groups is 5. The Morgan fingerprint density at radius 1 is 0.744 bits per heavy atom. The molecule has 5 rings (SSSR count). The van der Waals surface area contributed by atoms with Gasteiger partial charge in [0.05, 0.1) is 19.3 Å². The van der Waals surface area contributed by atoms with Gasteiger partial charge in [0.2, 0.25) is 17.5 Å². The van der Waals surface area contributed by atoms with Gasteiger partial charge < -0.3 is 69.0 Å². The summed E-state index contributed by atoms with van der Waals surface area (Å²) in [5.74, 6) is -2.19. The third-order valence-electron chi connectivity index (χ3n) is 7.49. The lowest BCUT2D eigenvalue weighted by Gasteiger charge is -2.45. The van der Waals surface area contributed by atoms with E-state index >= 15 is 0 Å². The van der Waals surface area contributed by atoms with Gasteiger partial charge in [-0.3, -0.25) is 4.79 Å². The summed E-state index contributed by atoms with van der Waals surface area (Å²) in [6.45, 7) is 2.89. The van der Waals surface area contributed by atoms with Gasteiger partial charge in [0, 0.05) is 17.7 Å². The van der Waals surface area contributed by atoms with E-state index in [0.29, 0.717) is 0 Å². The van der Waals surface area contributed by atoms with Gasteiger partial charge in [-0.15, -0.1) is 0 Å². The predicted octanol–water partition coefficient (Wildman–Crippen LogP) is -0.356. The number of rotatable bonds is 6. The van der Waals surface area contributed by atoms with Crippen LogP contribution in [0.4, 0.5) is 0 Å². The average Bonchev–Trinajstić information content (AvgIpc) is 2.97. The molecule has 0 saturated carbocycles. The second-order valence-electron chi connectivity index (χ2n) is 10.4. The van der Waals surface area contributed by atoms with Gasteiger partial charge in [-0.1, -0.05) is 0 Å². The minimum absolute atomic E-state index is 0.0602. The molecule has 15 nitrogen and oxygen atoms in total. The van der Waals surface area contributed by atoms with Gasteiger partial charge >= 0.3 is 0 Å². The van der Waals surface area contributed by atoms with E-state index in [1.807, 2.05) is 0 Å². The van der Waals surface area contributed by atoms with Gasteiger partial charge in [-0.05, 0) is 32.0 Å². The number of methoxy groups -OCH3 is 1. The van der Waals surface area contributed by atoms with Crippen molar-refractivity contribution in [2.24, 2.45) is 0 Å². The minimum Gasteiger partial charge on any atom is -0.507 e. The third kappa shape index (κ3) is 5.57. The molecule has 0 radical (unpaired) electrons. The number of ether oxygens (including phenoxy) is 5. The van der Waals surface area contributed by atoms with Crippen molar-refractivity contribution in [3.63, 3.8) is 0 Å².